The number of alkyl halides is 1. The van der Waals surface area contributed by atoms with Crippen LogP contribution < -0.4 is 0 Å². The average Bonchev–Trinajstić information content (AvgIpc) is 2.18. The SMILES string of the molecule is CC(C)(C)[Si](C)(C)O[C@@H]1C=CC(=O)O[C@@H]1CBr. The summed E-state index contributed by atoms with van der Waals surface area (Å²) in [6.07, 6.45) is 2.92. The highest BCUT2D eigenvalue weighted by Crippen LogP contribution is 2.38. The van der Waals surface area contributed by atoms with Crippen molar-refractivity contribution >= 4 is 30.2 Å². The van der Waals surface area contributed by atoms with Crippen LogP contribution in [0.1, 0.15) is 20.8 Å². The van der Waals surface area contributed by atoms with E-state index in [4.69, 9.17) is 9.16 Å². The Hall–Kier alpha value is -0.133. The smallest absolute Gasteiger partial charge is 0.330 e. The van der Waals surface area contributed by atoms with Crippen molar-refractivity contribution in [2.24, 2.45) is 0 Å². The molecule has 0 aromatic heterocycles. The van der Waals surface area contributed by atoms with Crippen LogP contribution in [0.15, 0.2) is 12.2 Å². The van der Waals surface area contributed by atoms with Gasteiger partial charge in [-0.1, -0.05) is 36.7 Å². The topological polar surface area (TPSA) is 35.5 Å². The molecule has 0 radical (unpaired) electrons. The van der Waals surface area contributed by atoms with E-state index in [1.165, 1.54) is 6.08 Å². The van der Waals surface area contributed by atoms with E-state index >= 15 is 0 Å². The molecule has 17 heavy (non-hydrogen) atoms. The van der Waals surface area contributed by atoms with Crippen LogP contribution in [-0.4, -0.2) is 31.8 Å². The zero-order chi connectivity index (χ0) is 13.3. The lowest BCUT2D eigenvalue weighted by molar-refractivity contribution is -0.147. The van der Waals surface area contributed by atoms with Gasteiger partial charge in [-0.25, -0.2) is 4.79 Å². The number of carbonyl (C=O) groups is 1. The fourth-order valence-electron chi connectivity index (χ4n) is 1.30. The summed E-state index contributed by atoms with van der Waals surface area (Å²) in [4.78, 5) is 11.2. The van der Waals surface area contributed by atoms with Gasteiger partial charge < -0.3 is 9.16 Å². The van der Waals surface area contributed by atoms with Gasteiger partial charge in [0.25, 0.3) is 0 Å². The monoisotopic (exact) mass is 320 g/mol. The van der Waals surface area contributed by atoms with Gasteiger partial charge in [-0.2, -0.15) is 0 Å². The average molecular weight is 321 g/mol. The summed E-state index contributed by atoms with van der Waals surface area (Å²) in [5, 5.41) is 0.752. The van der Waals surface area contributed by atoms with Crippen molar-refractivity contribution < 1.29 is 14.0 Å². The minimum absolute atomic E-state index is 0.132. The van der Waals surface area contributed by atoms with E-state index in [0.29, 0.717) is 5.33 Å². The molecule has 0 saturated heterocycles. The molecule has 98 valence electrons. The highest BCUT2D eigenvalue weighted by molar-refractivity contribution is 9.09. The Balaban J connectivity index is 2.80. The van der Waals surface area contributed by atoms with Gasteiger partial charge in [0.05, 0.1) is 0 Å². The Morgan fingerprint density at radius 2 is 2.06 bits per heavy atom. The van der Waals surface area contributed by atoms with Crippen molar-refractivity contribution in [1.29, 1.82) is 0 Å². The van der Waals surface area contributed by atoms with Gasteiger partial charge in [0.2, 0.25) is 0 Å². The van der Waals surface area contributed by atoms with Gasteiger partial charge in [-0.15, -0.1) is 0 Å². The van der Waals surface area contributed by atoms with Crippen LogP contribution in [0.25, 0.3) is 0 Å². The molecule has 1 heterocycles. The van der Waals surface area contributed by atoms with E-state index in [1.807, 2.05) is 6.08 Å². The van der Waals surface area contributed by atoms with Gasteiger partial charge >= 0.3 is 5.97 Å². The maximum Gasteiger partial charge on any atom is 0.330 e. The Bertz CT molecular complexity index is 320. The second-order valence-corrected chi connectivity index (χ2v) is 11.2. The summed E-state index contributed by atoms with van der Waals surface area (Å²) in [7, 11) is -1.84. The maximum absolute atomic E-state index is 11.2. The van der Waals surface area contributed by atoms with Gasteiger partial charge in [-0.3, -0.25) is 0 Å². The molecule has 0 unspecified atom stereocenters. The summed E-state index contributed by atoms with van der Waals surface area (Å²) in [6, 6.07) is 0. The number of esters is 1. The van der Waals surface area contributed by atoms with E-state index in [2.05, 4.69) is 49.8 Å². The first-order chi connectivity index (χ1) is 7.67. The summed E-state index contributed by atoms with van der Waals surface area (Å²) in [5.74, 6) is -0.287. The lowest BCUT2D eigenvalue weighted by Crippen LogP contribution is -2.48. The number of hydrogen-bond acceptors (Lipinski definition) is 3. The van der Waals surface area contributed by atoms with Crippen LogP contribution in [0, 0.1) is 0 Å². The number of hydrogen-bond donors (Lipinski definition) is 0. The first-order valence-electron chi connectivity index (χ1n) is 5.80. The molecule has 0 aliphatic carbocycles. The number of cyclic esters (lactones) is 1. The van der Waals surface area contributed by atoms with Crippen molar-refractivity contribution in [2.75, 3.05) is 5.33 Å². The van der Waals surface area contributed by atoms with E-state index in [9.17, 15) is 4.79 Å². The summed E-state index contributed by atoms with van der Waals surface area (Å²) in [5.41, 5.74) is 0. The maximum atomic E-state index is 11.2. The molecule has 5 heteroatoms. The molecule has 0 amide bonds. The fourth-order valence-corrected chi connectivity index (χ4v) is 3.07. The summed E-state index contributed by atoms with van der Waals surface area (Å²) in [6.45, 7) is 11.0. The van der Waals surface area contributed by atoms with Crippen LogP contribution >= 0.6 is 15.9 Å². The van der Waals surface area contributed by atoms with Crippen LogP contribution in [0.5, 0.6) is 0 Å². The molecule has 0 aromatic rings. The molecule has 0 aromatic carbocycles. The summed E-state index contributed by atoms with van der Waals surface area (Å²) >= 11 is 3.36. The molecule has 3 nitrogen and oxygen atoms in total. The molecule has 2 atom stereocenters. The van der Waals surface area contributed by atoms with E-state index < -0.39 is 8.32 Å². The minimum Gasteiger partial charge on any atom is -0.455 e. The Kier molecular flexibility index (Phi) is 4.60. The van der Waals surface area contributed by atoms with Gasteiger partial charge in [-0.05, 0) is 24.2 Å². The fraction of sp³-hybridized carbons (Fsp3) is 0.750. The third kappa shape index (κ3) is 3.66. The Labute approximate surface area is 113 Å². The standard InChI is InChI=1S/C12H21BrO3Si/c1-12(2,3)17(4,5)16-9-6-7-11(14)15-10(9)8-13/h6-7,9-10H,8H2,1-5H3/t9-,10-/m1/s1. The predicted octanol–water partition coefficient (Wildman–Crippen LogP) is 3.25. The molecule has 0 bridgehead atoms. The molecule has 1 rings (SSSR count). The van der Waals surface area contributed by atoms with E-state index in [1.54, 1.807) is 0 Å². The first kappa shape index (κ1) is 14.9. The lowest BCUT2D eigenvalue weighted by Gasteiger charge is -2.40. The second-order valence-electron chi connectivity index (χ2n) is 5.83. The molecule has 0 spiro atoms. The number of halogens is 1. The van der Waals surface area contributed by atoms with Crippen molar-refractivity contribution in [2.45, 2.75) is 51.1 Å². The third-order valence-corrected chi connectivity index (χ3v) is 8.56. The summed E-state index contributed by atoms with van der Waals surface area (Å²) < 4.78 is 11.5. The third-order valence-electron chi connectivity index (χ3n) is 3.44. The van der Waals surface area contributed by atoms with Gasteiger partial charge in [0.1, 0.15) is 12.2 Å². The predicted molar refractivity (Wildman–Crippen MR) is 74.9 cm³/mol. The number of ether oxygens (including phenoxy) is 1. The molecule has 0 N–H and O–H groups in total. The largest absolute Gasteiger partial charge is 0.455 e. The van der Waals surface area contributed by atoms with E-state index in [0.717, 1.165) is 0 Å². The second kappa shape index (κ2) is 5.24. The lowest BCUT2D eigenvalue weighted by atomic mass is 10.2. The highest BCUT2D eigenvalue weighted by Gasteiger charge is 2.41. The molecule has 1 aliphatic rings. The van der Waals surface area contributed by atoms with Gasteiger partial charge in [0.15, 0.2) is 8.32 Å². The van der Waals surface area contributed by atoms with Crippen molar-refractivity contribution in [1.82, 2.24) is 0 Å². The first-order valence-corrected chi connectivity index (χ1v) is 9.83. The Morgan fingerprint density at radius 3 is 2.53 bits per heavy atom. The highest BCUT2D eigenvalue weighted by atomic mass is 79.9. The van der Waals surface area contributed by atoms with Gasteiger partial charge in [0, 0.05) is 11.4 Å². The molecular weight excluding hydrogens is 300 g/mol. The van der Waals surface area contributed by atoms with Crippen LogP contribution in [0.2, 0.25) is 18.1 Å². The molecular formula is C12H21BrO3Si. The Morgan fingerprint density at radius 1 is 1.47 bits per heavy atom. The van der Waals surface area contributed by atoms with Crippen LogP contribution in [0.4, 0.5) is 0 Å². The van der Waals surface area contributed by atoms with Crippen LogP contribution in [-0.2, 0) is 14.0 Å². The molecule has 0 saturated carbocycles. The number of rotatable bonds is 3. The molecule has 1 aliphatic heterocycles. The zero-order valence-electron chi connectivity index (χ0n) is 11.1. The van der Waals surface area contributed by atoms with Crippen molar-refractivity contribution in [3.8, 4) is 0 Å². The van der Waals surface area contributed by atoms with E-state index in [-0.39, 0.29) is 23.2 Å². The minimum atomic E-state index is -1.84. The zero-order valence-corrected chi connectivity index (χ0v) is 13.7. The van der Waals surface area contributed by atoms with Crippen LogP contribution in [0.3, 0.4) is 0 Å². The quantitative estimate of drug-likeness (QED) is 0.455. The van der Waals surface area contributed by atoms with Crippen molar-refractivity contribution in [3.63, 3.8) is 0 Å². The van der Waals surface area contributed by atoms with Crippen molar-refractivity contribution in [3.05, 3.63) is 12.2 Å². The molecule has 0 fully saturated rings. The normalized spacial score (nSPS) is 25.9. The number of carbonyl (C=O) groups excluding carboxylic acids is 1.